The maximum absolute atomic E-state index is 15.4. The molecule has 2 saturated heterocycles. The maximum atomic E-state index is 15.4. The topological polar surface area (TPSA) is 114 Å². The minimum Gasteiger partial charge on any atom is -0.451 e. The number of oxazole rings is 1. The third kappa shape index (κ3) is 2.62. The van der Waals surface area contributed by atoms with Crippen LogP contribution in [-0.4, -0.2) is 47.6 Å². The number of ether oxygens (including phenoxy) is 1. The molecule has 0 aliphatic carbocycles. The van der Waals surface area contributed by atoms with E-state index in [1.807, 2.05) is 0 Å². The Bertz CT molecular complexity index is 1100. The van der Waals surface area contributed by atoms with E-state index in [9.17, 15) is 14.4 Å². The minimum atomic E-state index is -1.77. The van der Waals surface area contributed by atoms with Crippen LogP contribution < -0.4 is 15.5 Å². The Labute approximate surface area is 174 Å². The Morgan fingerprint density at radius 3 is 2.52 bits per heavy atom. The second kappa shape index (κ2) is 6.58. The summed E-state index contributed by atoms with van der Waals surface area (Å²) in [4.78, 5) is 43.3. The van der Waals surface area contributed by atoms with Gasteiger partial charge in [-0.05, 0) is 25.5 Å². The van der Waals surface area contributed by atoms with Crippen molar-refractivity contribution in [3.8, 4) is 11.3 Å². The highest BCUT2D eigenvalue weighted by atomic mass is 19.2. The number of rotatable bonds is 1. The second-order valence-corrected chi connectivity index (χ2v) is 8.07. The number of nitrogens with zero attached hydrogens (tertiary/aromatic N) is 2. The van der Waals surface area contributed by atoms with Gasteiger partial charge in [-0.1, -0.05) is 0 Å². The highest BCUT2D eigenvalue weighted by Gasteiger charge is 2.63. The van der Waals surface area contributed by atoms with Gasteiger partial charge in [0.1, 0.15) is 12.0 Å². The van der Waals surface area contributed by atoms with Gasteiger partial charge in [0.25, 0.3) is 0 Å². The zero-order valence-electron chi connectivity index (χ0n) is 16.6. The van der Waals surface area contributed by atoms with Gasteiger partial charge in [0.15, 0.2) is 23.4 Å². The van der Waals surface area contributed by atoms with Gasteiger partial charge in [0, 0.05) is 18.5 Å². The van der Waals surface area contributed by atoms with Gasteiger partial charge in [-0.15, -0.1) is 0 Å². The lowest BCUT2D eigenvalue weighted by atomic mass is 9.66. The van der Waals surface area contributed by atoms with E-state index in [1.165, 1.54) is 17.2 Å². The summed E-state index contributed by atoms with van der Waals surface area (Å²) >= 11 is 0. The van der Waals surface area contributed by atoms with Crippen molar-refractivity contribution in [1.82, 2.24) is 15.6 Å². The lowest BCUT2D eigenvalue weighted by Gasteiger charge is -2.55. The number of imide groups is 2. The number of anilines is 1. The monoisotopic (exact) mass is 432 g/mol. The minimum absolute atomic E-state index is 0.0279. The molecule has 3 unspecified atom stereocenters. The van der Waals surface area contributed by atoms with E-state index >= 15 is 8.78 Å². The number of hydrogen-bond acceptors (Lipinski definition) is 7. The molecule has 3 aliphatic heterocycles. The van der Waals surface area contributed by atoms with E-state index < -0.39 is 47.0 Å². The molecule has 9 nitrogen and oxygen atoms in total. The number of amides is 4. The quantitative estimate of drug-likeness (QED) is 0.657. The van der Waals surface area contributed by atoms with Gasteiger partial charge in [-0.25, -0.2) is 18.6 Å². The molecule has 4 heterocycles. The van der Waals surface area contributed by atoms with Crippen molar-refractivity contribution >= 4 is 23.5 Å². The largest absolute Gasteiger partial charge is 0.451 e. The molecule has 0 radical (unpaired) electrons. The third-order valence-corrected chi connectivity index (χ3v) is 6.18. The molecule has 5 rings (SSSR count). The van der Waals surface area contributed by atoms with E-state index in [4.69, 9.17) is 9.15 Å². The third-order valence-electron chi connectivity index (χ3n) is 6.18. The highest BCUT2D eigenvalue weighted by Crippen LogP contribution is 2.49. The van der Waals surface area contributed by atoms with Crippen LogP contribution >= 0.6 is 0 Å². The van der Waals surface area contributed by atoms with E-state index in [-0.39, 0.29) is 41.6 Å². The molecular weight excluding hydrogens is 414 g/mol. The van der Waals surface area contributed by atoms with Crippen LogP contribution in [0.2, 0.25) is 0 Å². The molecular formula is C20H18F2N4O5. The van der Waals surface area contributed by atoms with Crippen LogP contribution in [0.25, 0.3) is 11.3 Å². The predicted octanol–water partition coefficient (Wildman–Crippen LogP) is 1.51. The molecule has 3 aliphatic rings. The van der Waals surface area contributed by atoms with Crippen molar-refractivity contribution in [3.05, 3.63) is 35.9 Å². The summed E-state index contributed by atoms with van der Waals surface area (Å²) in [6, 6.07) is -0.508. The van der Waals surface area contributed by atoms with Crippen molar-refractivity contribution in [3.63, 3.8) is 0 Å². The molecule has 3 atom stereocenters. The summed E-state index contributed by atoms with van der Waals surface area (Å²) in [7, 11) is 0. The zero-order valence-corrected chi connectivity index (χ0v) is 16.6. The number of urea groups is 1. The first-order valence-corrected chi connectivity index (χ1v) is 9.72. The molecule has 1 aromatic heterocycles. The Balaban J connectivity index is 1.76. The van der Waals surface area contributed by atoms with Gasteiger partial charge in [0.05, 0.1) is 23.9 Å². The van der Waals surface area contributed by atoms with Crippen molar-refractivity contribution in [2.75, 3.05) is 11.4 Å². The summed E-state index contributed by atoms with van der Waals surface area (Å²) in [6.07, 6.45) is 0.951. The van der Waals surface area contributed by atoms with Crippen LogP contribution in [0.5, 0.6) is 0 Å². The Kier molecular flexibility index (Phi) is 4.16. The summed E-state index contributed by atoms with van der Waals surface area (Å²) in [5.74, 6) is -3.83. The van der Waals surface area contributed by atoms with Gasteiger partial charge in [-0.3, -0.25) is 20.2 Å². The van der Waals surface area contributed by atoms with Crippen molar-refractivity contribution in [2.45, 2.75) is 38.5 Å². The first-order chi connectivity index (χ1) is 14.7. The van der Waals surface area contributed by atoms with Crippen LogP contribution in [0.4, 0.5) is 19.3 Å². The smallest absolute Gasteiger partial charge is 0.328 e. The van der Waals surface area contributed by atoms with Crippen LogP contribution in [-0.2, 0) is 20.7 Å². The molecule has 4 amide bonds. The number of hydrogen-bond donors (Lipinski definition) is 2. The average molecular weight is 432 g/mol. The fourth-order valence-electron chi connectivity index (χ4n) is 5.07. The summed E-state index contributed by atoms with van der Waals surface area (Å²) in [5, 5.41) is 4.29. The first-order valence-electron chi connectivity index (χ1n) is 9.72. The molecule has 31 heavy (non-hydrogen) atoms. The number of benzene rings is 1. The van der Waals surface area contributed by atoms with Crippen LogP contribution in [0.3, 0.4) is 0 Å². The second-order valence-electron chi connectivity index (χ2n) is 8.07. The molecule has 2 aromatic rings. The molecule has 0 bridgehead atoms. The van der Waals surface area contributed by atoms with Gasteiger partial charge >= 0.3 is 6.03 Å². The molecule has 11 heteroatoms. The lowest BCUT2D eigenvalue weighted by molar-refractivity contribution is -0.153. The van der Waals surface area contributed by atoms with Crippen molar-refractivity contribution < 1.29 is 32.3 Å². The fourth-order valence-corrected chi connectivity index (χ4v) is 5.07. The van der Waals surface area contributed by atoms with E-state index in [0.29, 0.717) is 0 Å². The van der Waals surface area contributed by atoms with Gasteiger partial charge < -0.3 is 14.1 Å². The van der Waals surface area contributed by atoms with Crippen LogP contribution in [0.15, 0.2) is 23.1 Å². The summed E-state index contributed by atoms with van der Waals surface area (Å²) in [6.45, 7) is 3.54. The molecule has 162 valence electrons. The number of aromatic nitrogens is 1. The van der Waals surface area contributed by atoms with Crippen molar-refractivity contribution in [2.24, 2.45) is 5.41 Å². The number of fused-ring (bicyclic) bond motifs is 4. The van der Waals surface area contributed by atoms with Crippen molar-refractivity contribution in [1.29, 1.82) is 0 Å². The Hall–Kier alpha value is -3.34. The number of nitrogens with one attached hydrogen (secondary N) is 2. The number of carbonyl (C=O) groups is 3. The fraction of sp³-hybridized carbons (Fsp3) is 0.400. The number of barbiturate groups is 1. The lowest BCUT2D eigenvalue weighted by Crippen LogP contribution is -2.75. The number of halogens is 2. The van der Waals surface area contributed by atoms with E-state index in [0.717, 1.165) is 6.39 Å². The van der Waals surface area contributed by atoms with Gasteiger partial charge in [0.2, 0.25) is 11.8 Å². The molecule has 1 aromatic carbocycles. The molecule has 1 spiro atoms. The highest BCUT2D eigenvalue weighted by molar-refractivity contribution is 6.20. The van der Waals surface area contributed by atoms with E-state index in [2.05, 4.69) is 15.6 Å². The number of carbonyl (C=O) groups excluding carboxylic acids is 3. The molecule has 2 fully saturated rings. The number of morpholine rings is 1. The zero-order chi connectivity index (χ0) is 22.1. The summed E-state index contributed by atoms with van der Waals surface area (Å²) < 4.78 is 41.2. The SMILES string of the molecule is CC1CN2c3c(cc(-c4cocn4)c(F)c3F)CC3(C(=O)NC(=O)NC3=O)C2C(C)O1. The Morgan fingerprint density at radius 1 is 1.16 bits per heavy atom. The summed E-state index contributed by atoms with van der Waals surface area (Å²) in [5.41, 5.74) is -1.63. The maximum Gasteiger partial charge on any atom is 0.328 e. The van der Waals surface area contributed by atoms with Gasteiger partial charge in [-0.2, -0.15) is 0 Å². The first kappa shape index (κ1) is 19.6. The molecule has 0 saturated carbocycles. The average Bonchev–Trinajstić information content (AvgIpc) is 3.22. The normalized spacial score (nSPS) is 26.9. The van der Waals surface area contributed by atoms with Crippen LogP contribution in [0.1, 0.15) is 19.4 Å². The standard InChI is InChI=1S/C20H18F2N4O5/c1-8-5-26-15-10(3-11(13(21)14(15)22)12-6-30-7-23-12)4-20(16(26)9(2)31-8)17(27)24-19(29)25-18(20)28/h3,6-9,16H,4-5H2,1-2H3,(H2,24,25,27,28,29). The predicted molar refractivity (Wildman–Crippen MR) is 101 cm³/mol. The van der Waals surface area contributed by atoms with Crippen LogP contribution in [0, 0.1) is 17.0 Å². The Morgan fingerprint density at radius 2 is 1.87 bits per heavy atom. The molecule has 2 N–H and O–H groups in total. The van der Waals surface area contributed by atoms with E-state index in [1.54, 1.807) is 13.8 Å².